The number of hydrogen-bond donors (Lipinski definition) is 0. The van der Waals surface area contributed by atoms with Gasteiger partial charge in [0.25, 0.3) is 0 Å². The highest BCUT2D eigenvalue weighted by atomic mass is 19.1. The molecule has 0 N–H and O–H groups in total. The van der Waals surface area contributed by atoms with Gasteiger partial charge in [-0.25, -0.2) is 13.8 Å². The molecule has 0 fully saturated rings. The van der Waals surface area contributed by atoms with Gasteiger partial charge in [-0.05, 0) is 23.3 Å². The summed E-state index contributed by atoms with van der Waals surface area (Å²) in [6.45, 7) is 0. The second-order valence-corrected chi connectivity index (χ2v) is 7.18. The summed E-state index contributed by atoms with van der Waals surface area (Å²) in [4.78, 5) is 4.42. The fourth-order valence-corrected chi connectivity index (χ4v) is 3.86. The summed E-state index contributed by atoms with van der Waals surface area (Å²) >= 11 is 0. The van der Waals surface area contributed by atoms with Crippen LogP contribution in [0.25, 0.3) is 39.3 Å². The lowest BCUT2D eigenvalue weighted by molar-refractivity contribution is 0.584. The Hall–Kier alpha value is -4.05. The minimum Gasteiger partial charge on any atom is -0.298 e. The van der Waals surface area contributed by atoms with Crippen LogP contribution < -0.4 is 0 Å². The summed E-state index contributed by atoms with van der Waals surface area (Å²) in [5.74, 6) is -0.849. The lowest BCUT2D eigenvalue weighted by atomic mass is 9.95. The van der Waals surface area contributed by atoms with E-state index in [-0.39, 0.29) is 5.56 Å². The predicted molar refractivity (Wildman–Crippen MR) is 120 cm³/mol. The number of hydrogen-bond acceptors (Lipinski definition) is 1. The molecule has 0 aliphatic carbocycles. The standard InChI is InChI=1S/C27H18F2N2/c28-21-14-15-24(25(29)18-21)27-30-16-17-31(27)26-22(19-8-3-1-4-9-19)12-7-13-23(26)20-10-5-2-6-11-20/h1-18H. The number of nitrogens with zero attached hydrogens (tertiary/aromatic N) is 2. The molecule has 0 radical (unpaired) electrons. The van der Waals surface area contributed by atoms with Crippen LogP contribution >= 0.6 is 0 Å². The quantitative estimate of drug-likeness (QED) is 0.309. The SMILES string of the molecule is Fc1ccc(-c2nccn2-c2c(-c3ccccc3)cccc2-c2ccccc2)c(F)c1. The molecule has 0 bridgehead atoms. The Labute approximate surface area is 179 Å². The Kier molecular flexibility index (Phi) is 4.89. The van der Waals surface area contributed by atoms with Gasteiger partial charge in [0.2, 0.25) is 0 Å². The van der Waals surface area contributed by atoms with Crippen LogP contribution in [-0.2, 0) is 0 Å². The van der Waals surface area contributed by atoms with E-state index in [9.17, 15) is 8.78 Å². The maximum Gasteiger partial charge on any atom is 0.147 e. The van der Waals surface area contributed by atoms with Crippen LogP contribution in [0.15, 0.2) is 109 Å². The summed E-state index contributed by atoms with van der Waals surface area (Å²) in [6.07, 6.45) is 3.45. The van der Waals surface area contributed by atoms with Crippen molar-refractivity contribution in [1.29, 1.82) is 0 Å². The molecule has 0 aliphatic rings. The smallest absolute Gasteiger partial charge is 0.147 e. The molecule has 0 saturated heterocycles. The second-order valence-electron chi connectivity index (χ2n) is 7.18. The summed E-state index contributed by atoms with van der Waals surface area (Å²) in [5.41, 5.74) is 5.18. The van der Waals surface area contributed by atoms with Crippen molar-refractivity contribution in [2.45, 2.75) is 0 Å². The van der Waals surface area contributed by atoms with E-state index in [4.69, 9.17) is 0 Å². The Morgan fingerprint density at radius 2 is 1.23 bits per heavy atom. The molecule has 2 nitrogen and oxygen atoms in total. The van der Waals surface area contributed by atoms with E-state index >= 15 is 0 Å². The van der Waals surface area contributed by atoms with Crippen LogP contribution in [0.4, 0.5) is 8.78 Å². The van der Waals surface area contributed by atoms with Gasteiger partial charge in [0.05, 0.1) is 11.3 Å². The van der Waals surface area contributed by atoms with E-state index in [2.05, 4.69) is 4.98 Å². The fraction of sp³-hybridized carbons (Fsp3) is 0. The number of benzene rings is 4. The minimum absolute atomic E-state index is 0.244. The molecule has 4 heteroatoms. The number of para-hydroxylation sites is 1. The molecule has 5 rings (SSSR count). The highest BCUT2D eigenvalue weighted by molar-refractivity contribution is 5.86. The molecule has 5 aromatic rings. The normalized spacial score (nSPS) is 10.9. The Balaban J connectivity index is 1.81. The number of aromatic nitrogens is 2. The molecule has 0 amide bonds. The van der Waals surface area contributed by atoms with Crippen molar-refractivity contribution in [2.24, 2.45) is 0 Å². The molecule has 31 heavy (non-hydrogen) atoms. The first-order valence-corrected chi connectivity index (χ1v) is 9.95. The fourth-order valence-electron chi connectivity index (χ4n) is 3.86. The number of rotatable bonds is 4. The van der Waals surface area contributed by atoms with Crippen molar-refractivity contribution in [3.05, 3.63) is 121 Å². The van der Waals surface area contributed by atoms with Gasteiger partial charge in [-0.15, -0.1) is 0 Å². The first kappa shape index (κ1) is 18.9. The number of halogens is 2. The third-order valence-electron chi connectivity index (χ3n) is 5.26. The van der Waals surface area contributed by atoms with Crippen LogP contribution in [0.3, 0.4) is 0 Å². The molecule has 1 heterocycles. The average Bonchev–Trinajstić information content (AvgIpc) is 3.29. The van der Waals surface area contributed by atoms with Gasteiger partial charge < -0.3 is 0 Å². The molecule has 0 spiro atoms. The third-order valence-corrected chi connectivity index (χ3v) is 5.26. The van der Waals surface area contributed by atoms with Gasteiger partial charge in [-0.1, -0.05) is 78.9 Å². The zero-order valence-corrected chi connectivity index (χ0v) is 16.5. The highest BCUT2D eigenvalue weighted by Gasteiger charge is 2.19. The van der Waals surface area contributed by atoms with Gasteiger partial charge >= 0.3 is 0 Å². The summed E-state index contributed by atoms with van der Waals surface area (Å²) in [7, 11) is 0. The van der Waals surface area contributed by atoms with Crippen LogP contribution in [-0.4, -0.2) is 9.55 Å². The predicted octanol–water partition coefficient (Wildman–Crippen LogP) is 7.15. The molecule has 1 aromatic heterocycles. The second kappa shape index (κ2) is 8.00. The molecule has 150 valence electrons. The van der Waals surface area contributed by atoms with Crippen molar-refractivity contribution in [3.8, 4) is 39.3 Å². The topological polar surface area (TPSA) is 17.8 Å². The maximum atomic E-state index is 14.7. The monoisotopic (exact) mass is 408 g/mol. The molecular weight excluding hydrogens is 390 g/mol. The van der Waals surface area contributed by atoms with E-state index in [1.807, 2.05) is 89.6 Å². The minimum atomic E-state index is -0.647. The maximum absolute atomic E-state index is 14.7. The zero-order chi connectivity index (χ0) is 21.2. The largest absolute Gasteiger partial charge is 0.298 e. The Morgan fingerprint density at radius 3 is 1.81 bits per heavy atom. The molecule has 0 unspecified atom stereocenters. The van der Waals surface area contributed by atoms with Gasteiger partial charge in [-0.2, -0.15) is 0 Å². The van der Waals surface area contributed by atoms with Gasteiger partial charge in [0.15, 0.2) is 0 Å². The van der Waals surface area contributed by atoms with Gasteiger partial charge in [-0.3, -0.25) is 4.57 Å². The molecule has 4 aromatic carbocycles. The van der Waals surface area contributed by atoms with Crippen LogP contribution in [0, 0.1) is 11.6 Å². The lowest BCUT2D eigenvalue weighted by Crippen LogP contribution is -2.03. The molecule has 0 aliphatic heterocycles. The zero-order valence-electron chi connectivity index (χ0n) is 16.5. The van der Waals surface area contributed by atoms with Gasteiger partial charge in [0.1, 0.15) is 17.5 Å². The molecule has 0 atom stereocenters. The van der Waals surface area contributed by atoms with Crippen molar-refractivity contribution in [2.75, 3.05) is 0 Å². The molecular formula is C27H18F2N2. The Morgan fingerprint density at radius 1 is 0.613 bits per heavy atom. The first-order chi connectivity index (χ1) is 15.2. The van der Waals surface area contributed by atoms with Crippen molar-refractivity contribution in [3.63, 3.8) is 0 Å². The van der Waals surface area contributed by atoms with Crippen LogP contribution in [0.2, 0.25) is 0 Å². The lowest BCUT2D eigenvalue weighted by Gasteiger charge is -2.19. The summed E-state index contributed by atoms with van der Waals surface area (Å²) < 4.78 is 30.1. The molecule has 0 saturated carbocycles. The van der Waals surface area contributed by atoms with E-state index in [0.29, 0.717) is 5.82 Å². The average molecular weight is 408 g/mol. The Bertz CT molecular complexity index is 1280. The third kappa shape index (κ3) is 3.53. The van der Waals surface area contributed by atoms with E-state index in [0.717, 1.165) is 34.0 Å². The van der Waals surface area contributed by atoms with Crippen molar-refractivity contribution in [1.82, 2.24) is 9.55 Å². The summed E-state index contributed by atoms with van der Waals surface area (Å²) in [6, 6.07) is 29.7. The summed E-state index contributed by atoms with van der Waals surface area (Å²) in [5, 5.41) is 0. The van der Waals surface area contributed by atoms with Crippen molar-refractivity contribution >= 4 is 0 Å². The van der Waals surface area contributed by atoms with E-state index in [1.165, 1.54) is 12.1 Å². The van der Waals surface area contributed by atoms with Crippen LogP contribution in [0.1, 0.15) is 0 Å². The van der Waals surface area contributed by atoms with E-state index in [1.54, 1.807) is 6.20 Å². The first-order valence-electron chi connectivity index (χ1n) is 9.95. The van der Waals surface area contributed by atoms with Gasteiger partial charge in [0, 0.05) is 29.6 Å². The van der Waals surface area contributed by atoms with E-state index < -0.39 is 11.6 Å². The highest BCUT2D eigenvalue weighted by Crippen LogP contribution is 2.38. The van der Waals surface area contributed by atoms with Crippen LogP contribution in [0.5, 0.6) is 0 Å². The number of imidazole rings is 1. The van der Waals surface area contributed by atoms with Crippen molar-refractivity contribution < 1.29 is 8.78 Å².